The van der Waals surface area contributed by atoms with E-state index in [1.807, 2.05) is 6.20 Å². The number of ether oxygens (including phenoxy) is 1. The molecule has 1 aliphatic rings. The minimum Gasteiger partial charge on any atom is -0.377 e. The Balaban J connectivity index is 1.97. The van der Waals surface area contributed by atoms with Crippen molar-refractivity contribution in [3.63, 3.8) is 0 Å². The molecule has 2 aromatic rings. The average Bonchev–Trinajstić information content (AvgIpc) is 2.54. The summed E-state index contributed by atoms with van der Waals surface area (Å²) in [7, 11) is 0. The van der Waals surface area contributed by atoms with Gasteiger partial charge in [0.25, 0.3) is 0 Å². The van der Waals surface area contributed by atoms with Crippen LogP contribution in [0.4, 0.5) is 5.82 Å². The van der Waals surface area contributed by atoms with Gasteiger partial charge in [0.15, 0.2) is 0 Å². The van der Waals surface area contributed by atoms with E-state index in [1.165, 1.54) is 10.8 Å². The maximum Gasteiger partial charge on any atom is 0.136 e. The summed E-state index contributed by atoms with van der Waals surface area (Å²) in [5.74, 6) is 1.06. The van der Waals surface area contributed by atoms with Gasteiger partial charge in [-0.05, 0) is 30.7 Å². The van der Waals surface area contributed by atoms with Gasteiger partial charge in [-0.1, -0.05) is 24.3 Å². The van der Waals surface area contributed by atoms with Crippen molar-refractivity contribution in [3.05, 3.63) is 36.0 Å². The molecule has 2 heterocycles. The van der Waals surface area contributed by atoms with Crippen molar-refractivity contribution in [3.8, 4) is 0 Å². The first kappa shape index (κ1) is 14.3. The van der Waals surface area contributed by atoms with Gasteiger partial charge < -0.3 is 15.4 Å². The first-order valence-electron chi connectivity index (χ1n) is 7.76. The van der Waals surface area contributed by atoms with Crippen molar-refractivity contribution >= 4 is 16.6 Å². The molecule has 2 N–H and O–H groups in total. The first-order valence-corrected chi connectivity index (χ1v) is 7.76. The minimum absolute atomic E-state index is 0.318. The number of aromatic nitrogens is 1. The summed E-state index contributed by atoms with van der Waals surface area (Å²) < 4.78 is 5.80. The molecule has 4 nitrogen and oxygen atoms in total. The van der Waals surface area contributed by atoms with E-state index < -0.39 is 0 Å². The molecule has 0 aliphatic carbocycles. The van der Waals surface area contributed by atoms with Gasteiger partial charge in [0.05, 0.1) is 6.10 Å². The number of benzene rings is 1. The second-order valence-electron chi connectivity index (χ2n) is 5.52. The van der Waals surface area contributed by atoms with Crippen LogP contribution in [0.1, 0.15) is 25.3 Å². The normalized spacial score (nSPS) is 19.1. The predicted octanol–water partition coefficient (Wildman–Crippen LogP) is 2.70. The van der Waals surface area contributed by atoms with E-state index in [4.69, 9.17) is 10.5 Å². The molecule has 0 radical (unpaired) electrons. The van der Waals surface area contributed by atoms with Crippen molar-refractivity contribution < 1.29 is 4.74 Å². The number of piperidine rings is 1. The molecule has 1 saturated heterocycles. The van der Waals surface area contributed by atoms with Gasteiger partial charge in [-0.2, -0.15) is 0 Å². The molecule has 112 valence electrons. The Morgan fingerprint density at radius 2 is 2.14 bits per heavy atom. The smallest absolute Gasteiger partial charge is 0.136 e. The molecule has 1 fully saturated rings. The third-order valence-corrected chi connectivity index (χ3v) is 4.16. The number of anilines is 1. The minimum atomic E-state index is 0.318. The monoisotopic (exact) mass is 285 g/mol. The number of pyridine rings is 1. The van der Waals surface area contributed by atoms with Crippen LogP contribution >= 0.6 is 0 Å². The predicted molar refractivity (Wildman–Crippen MR) is 86.5 cm³/mol. The number of hydrogen-bond donors (Lipinski definition) is 1. The summed E-state index contributed by atoms with van der Waals surface area (Å²) in [5, 5.41) is 2.40. The van der Waals surface area contributed by atoms with Crippen molar-refractivity contribution in [2.24, 2.45) is 5.73 Å². The second-order valence-corrected chi connectivity index (χ2v) is 5.52. The van der Waals surface area contributed by atoms with Gasteiger partial charge in [-0.25, -0.2) is 4.98 Å². The van der Waals surface area contributed by atoms with Gasteiger partial charge in [0.2, 0.25) is 0 Å². The SMILES string of the molecule is CCOC1CCCN(c2ncc(CN)c3ccccc23)C1. The van der Waals surface area contributed by atoms with Gasteiger partial charge in [-0.3, -0.25) is 0 Å². The van der Waals surface area contributed by atoms with Gasteiger partial charge >= 0.3 is 0 Å². The van der Waals surface area contributed by atoms with Crippen LogP contribution < -0.4 is 10.6 Å². The van der Waals surface area contributed by atoms with Gasteiger partial charge in [0.1, 0.15) is 5.82 Å². The fourth-order valence-corrected chi connectivity index (χ4v) is 3.15. The maximum atomic E-state index is 5.83. The molecule has 1 aromatic heterocycles. The Morgan fingerprint density at radius 3 is 2.90 bits per heavy atom. The Bertz CT molecular complexity index is 612. The number of rotatable bonds is 4. The zero-order valence-electron chi connectivity index (χ0n) is 12.6. The third-order valence-electron chi connectivity index (χ3n) is 4.16. The number of nitrogens with zero attached hydrogens (tertiary/aromatic N) is 2. The molecule has 0 bridgehead atoms. The molecule has 1 aliphatic heterocycles. The van der Waals surface area contributed by atoms with Crippen LogP contribution in [0.25, 0.3) is 10.8 Å². The van der Waals surface area contributed by atoms with E-state index >= 15 is 0 Å². The Morgan fingerprint density at radius 1 is 1.33 bits per heavy atom. The molecule has 4 heteroatoms. The van der Waals surface area contributed by atoms with Crippen molar-refractivity contribution in [2.75, 3.05) is 24.6 Å². The average molecular weight is 285 g/mol. The number of nitrogens with two attached hydrogens (primary N) is 1. The lowest BCUT2D eigenvalue weighted by atomic mass is 10.0. The highest BCUT2D eigenvalue weighted by Crippen LogP contribution is 2.29. The van der Waals surface area contributed by atoms with E-state index in [0.717, 1.165) is 43.9 Å². The third kappa shape index (κ3) is 2.87. The molecule has 1 unspecified atom stereocenters. The summed E-state index contributed by atoms with van der Waals surface area (Å²) in [4.78, 5) is 7.04. The molecule has 21 heavy (non-hydrogen) atoms. The topological polar surface area (TPSA) is 51.4 Å². The quantitative estimate of drug-likeness (QED) is 0.938. The van der Waals surface area contributed by atoms with Crippen LogP contribution in [-0.2, 0) is 11.3 Å². The zero-order chi connectivity index (χ0) is 14.7. The molecule has 0 amide bonds. The molecule has 1 atom stereocenters. The lowest BCUT2D eigenvalue weighted by Crippen LogP contribution is -2.40. The molecular formula is C17H23N3O. The molecule has 3 rings (SSSR count). The maximum absolute atomic E-state index is 5.83. The van der Waals surface area contributed by atoms with E-state index in [0.29, 0.717) is 12.6 Å². The second kappa shape index (κ2) is 6.41. The van der Waals surface area contributed by atoms with E-state index in [9.17, 15) is 0 Å². The van der Waals surface area contributed by atoms with Crippen LogP contribution in [0.5, 0.6) is 0 Å². The van der Waals surface area contributed by atoms with Gasteiger partial charge in [0, 0.05) is 37.8 Å². The zero-order valence-corrected chi connectivity index (χ0v) is 12.6. The van der Waals surface area contributed by atoms with Crippen molar-refractivity contribution in [1.82, 2.24) is 4.98 Å². The number of hydrogen-bond acceptors (Lipinski definition) is 4. The highest BCUT2D eigenvalue weighted by atomic mass is 16.5. The van der Waals surface area contributed by atoms with E-state index in [2.05, 4.69) is 41.1 Å². The van der Waals surface area contributed by atoms with Gasteiger partial charge in [-0.15, -0.1) is 0 Å². The molecule has 1 aromatic carbocycles. The highest BCUT2D eigenvalue weighted by molar-refractivity contribution is 5.94. The Labute approximate surface area is 125 Å². The number of fused-ring (bicyclic) bond motifs is 1. The summed E-state index contributed by atoms with van der Waals surface area (Å²) in [5.41, 5.74) is 6.94. The lowest BCUT2D eigenvalue weighted by Gasteiger charge is -2.34. The molecule has 0 saturated carbocycles. The summed E-state index contributed by atoms with van der Waals surface area (Å²) in [6, 6.07) is 8.40. The van der Waals surface area contributed by atoms with E-state index in [1.54, 1.807) is 0 Å². The summed E-state index contributed by atoms with van der Waals surface area (Å²) in [6.07, 6.45) is 4.53. The largest absolute Gasteiger partial charge is 0.377 e. The first-order chi connectivity index (χ1) is 10.3. The van der Waals surface area contributed by atoms with Crippen molar-refractivity contribution in [2.45, 2.75) is 32.4 Å². The standard InChI is InChI=1S/C17H23N3O/c1-2-21-14-6-5-9-20(12-14)17-16-8-4-3-7-15(16)13(10-18)11-19-17/h3-4,7-8,11,14H,2,5-6,9-10,12,18H2,1H3. The highest BCUT2D eigenvalue weighted by Gasteiger charge is 2.22. The van der Waals surface area contributed by atoms with Crippen LogP contribution in [0.2, 0.25) is 0 Å². The lowest BCUT2D eigenvalue weighted by molar-refractivity contribution is 0.0526. The summed E-state index contributed by atoms with van der Waals surface area (Å²) >= 11 is 0. The molecule has 0 spiro atoms. The van der Waals surface area contributed by atoms with Crippen molar-refractivity contribution in [1.29, 1.82) is 0 Å². The fourth-order valence-electron chi connectivity index (χ4n) is 3.15. The fraction of sp³-hybridized carbons (Fsp3) is 0.471. The van der Waals surface area contributed by atoms with Crippen LogP contribution in [-0.4, -0.2) is 30.8 Å². The summed E-state index contributed by atoms with van der Waals surface area (Å²) in [6.45, 7) is 5.33. The molecular weight excluding hydrogens is 262 g/mol. The Kier molecular flexibility index (Phi) is 4.36. The van der Waals surface area contributed by atoms with E-state index in [-0.39, 0.29) is 0 Å². The Hall–Kier alpha value is -1.65. The van der Waals surface area contributed by atoms with Crippen LogP contribution in [0, 0.1) is 0 Å². The van der Waals surface area contributed by atoms with Crippen LogP contribution in [0.15, 0.2) is 30.5 Å². The van der Waals surface area contributed by atoms with Crippen LogP contribution in [0.3, 0.4) is 0 Å².